The highest BCUT2D eigenvalue weighted by Gasteiger charge is 2.34. The second kappa shape index (κ2) is 6.75. The van der Waals surface area contributed by atoms with Crippen molar-refractivity contribution in [3.63, 3.8) is 0 Å². The molecule has 118 valence electrons. The van der Waals surface area contributed by atoms with Gasteiger partial charge in [0.05, 0.1) is 5.56 Å². The van der Waals surface area contributed by atoms with Crippen molar-refractivity contribution in [2.75, 3.05) is 26.2 Å². The van der Waals surface area contributed by atoms with Crippen LogP contribution in [-0.2, 0) is 6.18 Å². The van der Waals surface area contributed by atoms with Crippen LogP contribution < -0.4 is 5.32 Å². The minimum absolute atomic E-state index is 0.0196. The van der Waals surface area contributed by atoms with Gasteiger partial charge in [0, 0.05) is 32.2 Å². The minimum Gasteiger partial charge on any atom is -0.314 e. The monoisotopic (exact) mass is 304 g/mol. The number of benzene rings is 1. The fourth-order valence-corrected chi connectivity index (χ4v) is 2.80. The van der Waals surface area contributed by atoms with Crippen LogP contribution in [0.1, 0.15) is 36.9 Å². The lowest BCUT2D eigenvalue weighted by molar-refractivity contribution is -0.140. The van der Waals surface area contributed by atoms with Gasteiger partial charge in [-0.3, -0.25) is 4.90 Å². The number of halogens is 4. The van der Waals surface area contributed by atoms with Gasteiger partial charge in [-0.15, -0.1) is 0 Å². The van der Waals surface area contributed by atoms with Crippen LogP contribution in [0.3, 0.4) is 0 Å². The molecule has 1 aromatic carbocycles. The van der Waals surface area contributed by atoms with Gasteiger partial charge in [-0.05, 0) is 24.1 Å². The van der Waals surface area contributed by atoms with E-state index in [4.69, 9.17) is 0 Å². The zero-order valence-corrected chi connectivity index (χ0v) is 12.0. The van der Waals surface area contributed by atoms with E-state index in [1.807, 2.05) is 6.92 Å². The molecule has 21 heavy (non-hydrogen) atoms. The van der Waals surface area contributed by atoms with Gasteiger partial charge in [0.2, 0.25) is 0 Å². The van der Waals surface area contributed by atoms with Crippen LogP contribution in [-0.4, -0.2) is 31.1 Å². The van der Waals surface area contributed by atoms with Crippen LogP contribution in [0, 0.1) is 5.82 Å². The van der Waals surface area contributed by atoms with Crippen LogP contribution in [0.5, 0.6) is 0 Å². The summed E-state index contributed by atoms with van der Waals surface area (Å²) < 4.78 is 51.6. The molecule has 0 bridgehead atoms. The molecule has 1 saturated heterocycles. The fraction of sp³-hybridized carbons (Fsp3) is 0.600. The largest absolute Gasteiger partial charge is 0.419 e. The summed E-state index contributed by atoms with van der Waals surface area (Å²) in [5.74, 6) is -1.18. The number of piperazine rings is 1. The Morgan fingerprint density at radius 3 is 2.43 bits per heavy atom. The van der Waals surface area contributed by atoms with Gasteiger partial charge < -0.3 is 5.32 Å². The second-order valence-electron chi connectivity index (χ2n) is 5.33. The molecule has 1 atom stereocenters. The topological polar surface area (TPSA) is 15.3 Å². The van der Waals surface area contributed by atoms with Gasteiger partial charge in [-0.25, -0.2) is 4.39 Å². The smallest absolute Gasteiger partial charge is 0.314 e. The summed E-state index contributed by atoms with van der Waals surface area (Å²) >= 11 is 0. The van der Waals surface area contributed by atoms with Crippen LogP contribution in [0.2, 0.25) is 0 Å². The molecule has 0 radical (unpaired) electrons. The van der Waals surface area contributed by atoms with Crippen molar-refractivity contribution in [1.29, 1.82) is 0 Å². The standard InChI is InChI=1S/C15H20F4N2/c1-2-3-14(21-8-6-20-7-9-21)11-4-5-12(13(16)10-11)15(17,18)19/h4-5,10,14,20H,2-3,6-9H2,1H3/t14-/m1/s1. The molecule has 6 heteroatoms. The lowest BCUT2D eigenvalue weighted by Crippen LogP contribution is -2.45. The maximum Gasteiger partial charge on any atom is 0.419 e. The van der Waals surface area contributed by atoms with Gasteiger partial charge >= 0.3 is 6.18 Å². The molecule has 0 amide bonds. The van der Waals surface area contributed by atoms with Gasteiger partial charge in [-0.1, -0.05) is 19.4 Å². The van der Waals surface area contributed by atoms with Crippen LogP contribution in [0.25, 0.3) is 0 Å². The molecular formula is C15H20F4N2. The highest BCUT2D eigenvalue weighted by atomic mass is 19.4. The predicted molar refractivity (Wildman–Crippen MR) is 73.5 cm³/mol. The Bertz CT molecular complexity index is 467. The molecule has 2 nitrogen and oxygen atoms in total. The normalized spacial score (nSPS) is 18.7. The number of rotatable bonds is 4. The Kier molecular flexibility index (Phi) is 5.22. The first-order chi connectivity index (χ1) is 9.93. The van der Waals surface area contributed by atoms with Crippen molar-refractivity contribution in [2.24, 2.45) is 0 Å². The number of hydrogen-bond acceptors (Lipinski definition) is 2. The molecule has 1 aliphatic heterocycles. The van der Waals surface area contributed by atoms with E-state index in [9.17, 15) is 17.6 Å². The average molecular weight is 304 g/mol. The van der Waals surface area contributed by atoms with Crippen LogP contribution in [0.15, 0.2) is 18.2 Å². The summed E-state index contributed by atoms with van der Waals surface area (Å²) in [6.45, 7) is 5.38. The Labute approximate surface area is 122 Å². The number of alkyl halides is 3. The Morgan fingerprint density at radius 1 is 1.24 bits per heavy atom. The molecule has 1 aromatic rings. The van der Waals surface area contributed by atoms with Crippen molar-refractivity contribution in [2.45, 2.75) is 32.0 Å². The van der Waals surface area contributed by atoms with E-state index < -0.39 is 17.6 Å². The first-order valence-corrected chi connectivity index (χ1v) is 7.25. The maximum atomic E-state index is 13.8. The highest BCUT2D eigenvalue weighted by molar-refractivity contribution is 5.28. The highest BCUT2D eigenvalue weighted by Crippen LogP contribution is 2.34. The number of nitrogens with one attached hydrogen (secondary N) is 1. The van der Waals surface area contributed by atoms with Gasteiger partial charge in [0.15, 0.2) is 0 Å². The SMILES string of the molecule is CCC[C@H](c1ccc(C(F)(F)F)c(F)c1)N1CCNCC1. The van der Waals surface area contributed by atoms with E-state index in [2.05, 4.69) is 10.2 Å². The summed E-state index contributed by atoms with van der Waals surface area (Å²) in [5, 5.41) is 3.24. The second-order valence-corrected chi connectivity index (χ2v) is 5.33. The van der Waals surface area contributed by atoms with Gasteiger partial charge in [0.25, 0.3) is 0 Å². The van der Waals surface area contributed by atoms with E-state index in [0.717, 1.165) is 51.2 Å². The summed E-state index contributed by atoms with van der Waals surface area (Å²) in [5.41, 5.74) is -0.564. The molecule has 1 N–H and O–H groups in total. The van der Waals surface area contributed by atoms with Crippen LogP contribution >= 0.6 is 0 Å². The number of hydrogen-bond donors (Lipinski definition) is 1. The first kappa shape index (κ1) is 16.2. The van der Waals surface area contributed by atoms with Crippen molar-refractivity contribution >= 4 is 0 Å². The lowest BCUT2D eigenvalue weighted by atomic mass is 9.98. The molecular weight excluding hydrogens is 284 g/mol. The summed E-state index contributed by atoms with van der Waals surface area (Å²) in [4.78, 5) is 2.21. The van der Waals surface area contributed by atoms with E-state index in [1.54, 1.807) is 0 Å². The molecule has 1 fully saturated rings. The van der Waals surface area contributed by atoms with Crippen LogP contribution in [0.4, 0.5) is 17.6 Å². The summed E-state index contributed by atoms with van der Waals surface area (Å²) in [7, 11) is 0. The minimum atomic E-state index is -4.64. The third-order valence-corrected chi connectivity index (χ3v) is 3.84. The summed E-state index contributed by atoms with van der Waals surface area (Å²) in [6.07, 6.45) is -2.93. The predicted octanol–water partition coefficient (Wildman–Crippen LogP) is 3.59. The third-order valence-electron chi connectivity index (χ3n) is 3.84. The Morgan fingerprint density at radius 2 is 1.90 bits per heavy atom. The average Bonchev–Trinajstić information content (AvgIpc) is 2.44. The molecule has 0 unspecified atom stereocenters. The van der Waals surface area contributed by atoms with E-state index in [-0.39, 0.29) is 6.04 Å². The molecule has 1 heterocycles. The molecule has 0 spiro atoms. The van der Waals surface area contributed by atoms with E-state index in [0.29, 0.717) is 5.56 Å². The molecule has 2 rings (SSSR count). The molecule has 0 saturated carbocycles. The lowest BCUT2D eigenvalue weighted by Gasteiger charge is -2.35. The first-order valence-electron chi connectivity index (χ1n) is 7.25. The molecule has 0 aliphatic carbocycles. The van der Waals surface area contributed by atoms with Crippen molar-refractivity contribution in [3.8, 4) is 0 Å². The van der Waals surface area contributed by atoms with E-state index >= 15 is 0 Å². The summed E-state index contributed by atoms with van der Waals surface area (Å²) in [6, 6.07) is 3.29. The molecule has 0 aromatic heterocycles. The van der Waals surface area contributed by atoms with Crippen molar-refractivity contribution < 1.29 is 17.6 Å². The Hall–Kier alpha value is -1.14. The zero-order chi connectivity index (χ0) is 15.5. The van der Waals surface area contributed by atoms with Crippen molar-refractivity contribution in [3.05, 3.63) is 35.1 Å². The Balaban J connectivity index is 2.26. The zero-order valence-electron chi connectivity index (χ0n) is 12.0. The number of nitrogens with zero attached hydrogens (tertiary/aromatic N) is 1. The quantitative estimate of drug-likeness (QED) is 0.855. The molecule has 1 aliphatic rings. The fourth-order valence-electron chi connectivity index (χ4n) is 2.80. The maximum absolute atomic E-state index is 13.8. The third kappa shape index (κ3) is 3.95. The van der Waals surface area contributed by atoms with Crippen molar-refractivity contribution in [1.82, 2.24) is 10.2 Å². The van der Waals surface area contributed by atoms with Gasteiger partial charge in [-0.2, -0.15) is 13.2 Å². The van der Waals surface area contributed by atoms with Gasteiger partial charge in [0.1, 0.15) is 5.82 Å². The van der Waals surface area contributed by atoms with E-state index in [1.165, 1.54) is 6.07 Å².